The van der Waals surface area contributed by atoms with Gasteiger partial charge in [0.1, 0.15) is 0 Å². The van der Waals surface area contributed by atoms with Gasteiger partial charge in [-0.2, -0.15) is 12.6 Å². The summed E-state index contributed by atoms with van der Waals surface area (Å²) >= 11 is 4.62. The monoisotopic (exact) mass is 286 g/mol. The molecule has 1 fully saturated rings. The van der Waals surface area contributed by atoms with Crippen molar-refractivity contribution in [2.75, 3.05) is 12.4 Å². The Balaban J connectivity index is 2.50. The van der Waals surface area contributed by atoms with Gasteiger partial charge in [0.2, 0.25) is 0 Å². The summed E-state index contributed by atoms with van der Waals surface area (Å²) in [4.78, 5) is 0. The molecule has 1 rings (SSSR count). The Morgan fingerprint density at radius 1 is 1.00 bits per heavy atom. The first-order valence-electron chi connectivity index (χ1n) is 8.27. The number of thiol groups is 1. The van der Waals surface area contributed by atoms with Crippen molar-refractivity contribution in [2.45, 2.75) is 78.7 Å². The summed E-state index contributed by atoms with van der Waals surface area (Å²) in [7, 11) is 0. The molecule has 1 nitrogen and oxygen atoms in total. The van der Waals surface area contributed by atoms with Crippen molar-refractivity contribution in [2.24, 2.45) is 17.3 Å². The molecule has 2 atom stereocenters. The smallest absolute Gasteiger partial charge is 0.0580 e. The SMILES string of the molecule is CCCC(CS)(CCC)COC1CC(C)CC(C)C1. The lowest BCUT2D eigenvalue weighted by Crippen LogP contribution is -2.34. The van der Waals surface area contributed by atoms with Crippen LogP contribution in [0.4, 0.5) is 0 Å². The zero-order valence-corrected chi connectivity index (χ0v) is 14.3. The maximum Gasteiger partial charge on any atom is 0.0580 e. The molecule has 2 heteroatoms. The summed E-state index contributed by atoms with van der Waals surface area (Å²) in [5.41, 5.74) is 0.316. The van der Waals surface area contributed by atoms with Crippen molar-refractivity contribution in [1.82, 2.24) is 0 Å². The number of hydrogen-bond acceptors (Lipinski definition) is 2. The highest BCUT2D eigenvalue weighted by atomic mass is 32.1. The summed E-state index contributed by atoms with van der Waals surface area (Å²) in [5.74, 6) is 2.62. The molecule has 1 saturated carbocycles. The lowest BCUT2D eigenvalue weighted by Gasteiger charge is -2.37. The van der Waals surface area contributed by atoms with E-state index < -0.39 is 0 Å². The Labute approximate surface area is 126 Å². The molecule has 19 heavy (non-hydrogen) atoms. The molecule has 0 aromatic heterocycles. The van der Waals surface area contributed by atoms with Gasteiger partial charge in [0.05, 0.1) is 12.7 Å². The molecular formula is C17H34OS. The lowest BCUT2D eigenvalue weighted by molar-refractivity contribution is -0.0420. The van der Waals surface area contributed by atoms with Gasteiger partial charge < -0.3 is 4.74 Å². The minimum atomic E-state index is 0.316. The molecule has 0 aromatic rings. The first-order chi connectivity index (χ1) is 9.05. The minimum absolute atomic E-state index is 0.316. The molecule has 0 spiro atoms. The Hall–Kier alpha value is 0.310. The standard InChI is InChI=1S/C17H34OS/c1-5-7-17(13-19,8-6-2)12-18-16-10-14(3)9-15(4)11-16/h14-16,19H,5-13H2,1-4H3. The Morgan fingerprint density at radius 3 is 1.95 bits per heavy atom. The van der Waals surface area contributed by atoms with E-state index >= 15 is 0 Å². The third kappa shape index (κ3) is 5.67. The Bertz CT molecular complexity index is 225. The molecule has 0 aliphatic heterocycles. The van der Waals surface area contributed by atoms with Gasteiger partial charge >= 0.3 is 0 Å². The van der Waals surface area contributed by atoms with Crippen molar-refractivity contribution in [3.8, 4) is 0 Å². The van der Waals surface area contributed by atoms with E-state index in [1.807, 2.05) is 0 Å². The van der Waals surface area contributed by atoms with Crippen molar-refractivity contribution >= 4 is 12.6 Å². The summed E-state index contributed by atoms with van der Waals surface area (Å²) in [6.45, 7) is 10.2. The Kier molecular flexibility index (Phi) is 7.83. The average molecular weight is 287 g/mol. The topological polar surface area (TPSA) is 9.23 Å². The van der Waals surface area contributed by atoms with Gasteiger partial charge in [0.15, 0.2) is 0 Å². The Morgan fingerprint density at radius 2 is 1.53 bits per heavy atom. The van der Waals surface area contributed by atoms with E-state index in [0.717, 1.165) is 24.2 Å². The van der Waals surface area contributed by atoms with Gasteiger partial charge in [-0.25, -0.2) is 0 Å². The van der Waals surface area contributed by atoms with Crippen molar-refractivity contribution < 1.29 is 4.74 Å². The van der Waals surface area contributed by atoms with Gasteiger partial charge in [-0.1, -0.05) is 40.5 Å². The molecule has 114 valence electrons. The van der Waals surface area contributed by atoms with Crippen LogP contribution in [0.3, 0.4) is 0 Å². The van der Waals surface area contributed by atoms with Gasteiger partial charge in [-0.15, -0.1) is 0 Å². The molecule has 2 unspecified atom stereocenters. The van der Waals surface area contributed by atoms with Gasteiger partial charge in [-0.05, 0) is 49.7 Å². The van der Waals surface area contributed by atoms with E-state index in [0.29, 0.717) is 11.5 Å². The largest absolute Gasteiger partial charge is 0.378 e. The second-order valence-corrected chi connectivity index (χ2v) is 7.32. The molecule has 0 radical (unpaired) electrons. The van der Waals surface area contributed by atoms with Crippen LogP contribution in [0.25, 0.3) is 0 Å². The third-order valence-corrected chi connectivity index (χ3v) is 5.33. The third-order valence-electron chi connectivity index (χ3n) is 4.66. The number of rotatable bonds is 8. The molecular weight excluding hydrogens is 252 g/mol. The predicted molar refractivity (Wildman–Crippen MR) is 88.0 cm³/mol. The molecule has 1 aliphatic rings. The first kappa shape index (κ1) is 17.4. The van der Waals surface area contributed by atoms with Gasteiger partial charge in [-0.3, -0.25) is 0 Å². The van der Waals surface area contributed by atoms with Crippen LogP contribution in [0.15, 0.2) is 0 Å². The molecule has 0 aromatic carbocycles. The second kappa shape index (κ2) is 8.56. The normalized spacial score (nSPS) is 28.6. The summed E-state index contributed by atoms with van der Waals surface area (Å²) in [6, 6.07) is 0. The highest BCUT2D eigenvalue weighted by Crippen LogP contribution is 2.35. The fourth-order valence-corrected chi connectivity index (χ4v) is 4.25. The van der Waals surface area contributed by atoms with Gasteiger partial charge in [0, 0.05) is 5.41 Å². The summed E-state index contributed by atoms with van der Waals surface area (Å²) in [5, 5.41) is 0. The molecule has 0 amide bonds. The van der Waals surface area contributed by atoms with E-state index in [4.69, 9.17) is 4.74 Å². The maximum absolute atomic E-state index is 6.34. The van der Waals surface area contributed by atoms with E-state index in [-0.39, 0.29) is 0 Å². The predicted octanol–water partition coefficient (Wildman–Crippen LogP) is 5.34. The zero-order chi connectivity index (χ0) is 14.3. The van der Waals surface area contributed by atoms with Crippen molar-refractivity contribution in [1.29, 1.82) is 0 Å². The molecule has 1 aliphatic carbocycles. The fraction of sp³-hybridized carbons (Fsp3) is 1.00. The van der Waals surface area contributed by atoms with Crippen LogP contribution < -0.4 is 0 Å². The average Bonchev–Trinajstić information content (AvgIpc) is 2.35. The van der Waals surface area contributed by atoms with Crippen LogP contribution in [0.2, 0.25) is 0 Å². The highest BCUT2D eigenvalue weighted by Gasteiger charge is 2.30. The minimum Gasteiger partial charge on any atom is -0.378 e. The first-order valence-corrected chi connectivity index (χ1v) is 8.91. The lowest BCUT2D eigenvalue weighted by atomic mass is 9.80. The molecule has 0 saturated heterocycles. The zero-order valence-electron chi connectivity index (χ0n) is 13.5. The van der Waals surface area contributed by atoms with Crippen LogP contribution in [0, 0.1) is 17.3 Å². The van der Waals surface area contributed by atoms with Crippen LogP contribution in [0.1, 0.15) is 72.6 Å². The summed E-state index contributed by atoms with van der Waals surface area (Å²) in [6.07, 6.45) is 9.36. The van der Waals surface area contributed by atoms with Crippen LogP contribution >= 0.6 is 12.6 Å². The van der Waals surface area contributed by atoms with Crippen LogP contribution in [0.5, 0.6) is 0 Å². The number of ether oxygens (including phenoxy) is 1. The van der Waals surface area contributed by atoms with E-state index in [1.54, 1.807) is 0 Å². The maximum atomic E-state index is 6.34. The number of hydrogen-bond donors (Lipinski definition) is 1. The summed E-state index contributed by atoms with van der Waals surface area (Å²) < 4.78 is 6.34. The van der Waals surface area contributed by atoms with E-state index in [9.17, 15) is 0 Å². The van der Waals surface area contributed by atoms with Gasteiger partial charge in [0.25, 0.3) is 0 Å². The molecule has 0 bridgehead atoms. The molecule has 0 heterocycles. The van der Waals surface area contributed by atoms with Crippen LogP contribution in [-0.2, 0) is 4.74 Å². The second-order valence-electron chi connectivity index (χ2n) is 7.01. The van der Waals surface area contributed by atoms with Crippen LogP contribution in [-0.4, -0.2) is 18.5 Å². The highest BCUT2D eigenvalue weighted by molar-refractivity contribution is 7.80. The van der Waals surface area contributed by atoms with Crippen molar-refractivity contribution in [3.05, 3.63) is 0 Å². The fourth-order valence-electron chi connectivity index (χ4n) is 3.84. The van der Waals surface area contributed by atoms with E-state index in [1.165, 1.54) is 44.9 Å². The van der Waals surface area contributed by atoms with Crippen molar-refractivity contribution in [3.63, 3.8) is 0 Å². The van der Waals surface area contributed by atoms with E-state index in [2.05, 4.69) is 40.3 Å². The molecule has 0 N–H and O–H groups in total. The quantitative estimate of drug-likeness (QED) is 0.592.